The molecule has 0 fully saturated rings. The number of urea groups is 1. The molecule has 0 radical (unpaired) electrons. The predicted octanol–water partition coefficient (Wildman–Crippen LogP) is -1.25. The molecule has 0 heterocycles. The molecule has 0 bridgehead atoms. The predicted molar refractivity (Wildman–Crippen MR) is 45.9 cm³/mol. The average molecular weight is 187 g/mol. The van der Waals surface area contributed by atoms with Crippen LogP contribution in [0.3, 0.4) is 0 Å². The quantitative estimate of drug-likeness (QED) is 0.357. The summed E-state index contributed by atoms with van der Waals surface area (Å²) in [4.78, 5) is 30.8. The van der Waals surface area contributed by atoms with E-state index < -0.39 is 11.9 Å². The molecule has 4 N–H and O–H groups in total. The van der Waals surface area contributed by atoms with E-state index in [4.69, 9.17) is 5.73 Å². The van der Waals surface area contributed by atoms with Crippen LogP contribution >= 0.6 is 0 Å². The van der Waals surface area contributed by atoms with Crippen molar-refractivity contribution in [3.63, 3.8) is 0 Å². The molecule has 0 unspecified atom stereocenters. The highest BCUT2D eigenvalue weighted by Crippen LogP contribution is 1.83. The van der Waals surface area contributed by atoms with Gasteiger partial charge in [-0.15, -0.1) is 0 Å². The minimum absolute atomic E-state index is 0.0122. The minimum atomic E-state index is -0.420. The lowest BCUT2D eigenvalue weighted by molar-refractivity contribution is -0.118. The summed E-state index contributed by atoms with van der Waals surface area (Å²) >= 11 is 0. The van der Waals surface area contributed by atoms with Gasteiger partial charge in [0.25, 0.3) is 0 Å². The fourth-order valence-electron chi connectivity index (χ4n) is 0.661. The van der Waals surface area contributed by atoms with Crippen LogP contribution in [0.15, 0.2) is 0 Å². The monoisotopic (exact) mass is 187 g/mol. The zero-order chi connectivity index (χ0) is 10.1. The Hall–Kier alpha value is -1.59. The topological polar surface area (TPSA) is 101 Å². The van der Waals surface area contributed by atoms with Crippen molar-refractivity contribution in [3.8, 4) is 0 Å². The third-order valence-electron chi connectivity index (χ3n) is 1.23. The van der Waals surface area contributed by atoms with Gasteiger partial charge in [0, 0.05) is 13.0 Å². The number of nitrogens with one attached hydrogen (secondary N) is 2. The molecule has 0 saturated carbocycles. The highest BCUT2D eigenvalue weighted by Gasteiger charge is 1.98. The Morgan fingerprint density at radius 2 is 2.00 bits per heavy atom. The molecule has 0 spiro atoms. The Balaban J connectivity index is 3.26. The van der Waals surface area contributed by atoms with Crippen molar-refractivity contribution in [2.75, 3.05) is 13.1 Å². The number of nitrogens with two attached hydrogens (primary N) is 1. The molecule has 6 heteroatoms. The van der Waals surface area contributed by atoms with Crippen LogP contribution in [0.2, 0.25) is 0 Å². The van der Waals surface area contributed by atoms with Gasteiger partial charge < -0.3 is 21.2 Å². The van der Waals surface area contributed by atoms with Gasteiger partial charge in [-0.2, -0.15) is 0 Å². The van der Waals surface area contributed by atoms with E-state index in [0.29, 0.717) is 19.3 Å². The summed E-state index contributed by atoms with van der Waals surface area (Å²) in [7, 11) is 0. The lowest BCUT2D eigenvalue weighted by Crippen LogP contribution is -2.37. The van der Waals surface area contributed by atoms with Gasteiger partial charge >= 0.3 is 6.03 Å². The third kappa shape index (κ3) is 8.32. The summed E-state index contributed by atoms with van der Waals surface area (Å²) in [6, 6.07) is -0.420. The summed E-state index contributed by atoms with van der Waals surface area (Å²) in [5.41, 5.74) is 4.88. The largest absolute Gasteiger partial charge is 0.370 e. The van der Waals surface area contributed by atoms with Crippen LogP contribution in [0, 0.1) is 0 Å². The van der Waals surface area contributed by atoms with Gasteiger partial charge in [0.1, 0.15) is 6.29 Å². The molecule has 13 heavy (non-hydrogen) atoms. The number of aldehydes is 1. The van der Waals surface area contributed by atoms with E-state index in [1.807, 2.05) is 0 Å². The van der Waals surface area contributed by atoms with Crippen molar-refractivity contribution in [2.45, 2.75) is 12.8 Å². The van der Waals surface area contributed by atoms with E-state index in [1.165, 1.54) is 0 Å². The second-order valence-corrected chi connectivity index (χ2v) is 2.37. The summed E-state index contributed by atoms with van der Waals surface area (Å²) in [5, 5.41) is 4.74. The SMILES string of the molecule is NC(=O)CCCNC(=O)NCC=O. The second-order valence-electron chi connectivity index (χ2n) is 2.37. The molecule has 0 rings (SSSR count). The molecule has 0 atom stereocenters. The van der Waals surface area contributed by atoms with Gasteiger partial charge in [-0.25, -0.2) is 4.79 Å². The number of amides is 3. The van der Waals surface area contributed by atoms with Crippen molar-refractivity contribution in [3.05, 3.63) is 0 Å². The Morgan fingerprint density at radius 1 is 1.31 bits per heavy atom. The Bertz CT molecular complexity index is 193. The lowest BCUT2D eigenvalue weighted by Gasteiger charge is -2.03. The first-order valence-electron chi connectivity index (χ1n) is 3.90. The molecule has 0 aliphatic heterocycles. The van der Waals surface area contributed by atoms with Crippen LogP contribution in [0.1, 0.15) is 12.8 Å². The molecule has 3 amide bonds. The highest BCUT2D eigenvalue weighted by atomic mass is 16.2. The summed E-state index contributed by atoms with van der Waals surface area (Å²) in [6.07, 6.45) is 1.33. The molecule has 0 saturated heterocycles. The first kappa shape index (κ1) is 11.4. The van der Waals surface area contributed by atoms with Crippen molar-refractivity contribution >= 4 is 18.2 Å². The number of hydrogen-bond donors (Lipinski definition) is 3. The number of rotatable bonds is 6. The van der Waals surface area contributed by atoms with Gasteiger partial charge in [0.05, 0.1) is 6.54 Å². The molecular formula is C7H13N3O3. The van der Waals surface area contributed by atoms with Gasteiger partial charge in [0.2, 0.25) is 5.91 Å². The van der Waals surface area contributed by atoms with Gasteiger partial charge in [0.15, 0.2) is 0 Å². The maximum atomic E-state index is 10.7. The van der Waals surface area contributed by atoms with E-state index in [9.17, 15) is 14.4 Å². The van der Waals surface area contributed by atoms with Crippen LogP contribution in [0.4, 0.5) is 4.79 Å². The summed E-state index contributed by atoms with van der Waals surface area (Å²) < 4.78 is 0. The van der Waals surface area contributed by atoms with Crippen LogP contribution in [0.5, 0.6) is 0 Å². The third-order valence-corrected chi connectivity index (χ3v) is 1.23. The van der Waals surface area contributed by atoms with Crippen LogP contribution in [0.25, 0.3) is 0 Å². The normalized spacial score (nSPS) is 8.92. The van der Waals surface area contributed by atoms with E-state index >= 15 is 0 Å². The van der Waals surface area contributed by atoms with Crippen molar-refractivity contribution in [1.29, 1.82) is 0 Å². The first-order valence-corrected chi connectivity index (χ1v) is 3.90. The first-order chi connectivity index (χ1) is 6.16. The zero-order valence-electron chi connectivity index (χ0n) is 7.21. The molecule has 6 nitrogen and oxygen atoms in total. The summed E-state index contributed by atoms with van der Waals surface area (Å²) in [5.74, 6) is -0.393. The fourth-order valence-corrected chi connectivity index (χ4v) is 0.661. The Morgan fingerprint density at radius 3 is 2.54 bits per heavy atom. The molecule has 74 valence electrons. The molecule has 0 aromatic carbocycles. The van der Waals surface area contributed by atoms with Crippen LogP contribution in [-0.2, 0) is 9.59 Å². The molecule has 0 aliphatic carbocycles. The fraction of sp³-hybridized carbons (Fsp3) is 0.571. The lowest BCUT2D eigenvalue weighted by atomic mass is 10.3. The minimum Gasteiger partial charge on any atom is -0.370 e. The molecule has 0 aliphatic rings. The van der Waals surface area contributed by atoms with Crippen molar-refractivity contribution < 1.29 is 14.4 Å². The summed E-state index contributed by atoms with van der Waals surface area (Å²) in [6.45, 7) is 0.356. The number of carbonyl (C=O) groups is 3. The van der Waals surface area contributed by atoms with E-state index in [1.54, 1.807) is 0 Å². The smallest absolute Gasteiger partial charge is 0.315 e. The van der Waals surface area contributed by atoms with E-state index in [2.05, 4.69) is 10.6 Å². The van der Waals surface area contributed by atoms with Gasteiger partial charge in [-0.3, -0.25) is 4.79 Å². The second kappa shape index (κ2) is 7.08. The standard InChI is InChI=1S/C7H13N3O3/c8-6(12)2-1-3-9-7(13)10-4-5-11/h5H,1-4H2,(H2,8,12)(H2,9,10,13). The molecule has 0 aromatic rings. The van der Waals surface area contributed by atoms with Crippen LogP contribution in [-0.4, -0.2) is 31.3 Å². The number of primary amides is 1. The van der Waals surface area contributed by atoms with E-state index in [-0.39, 0.29) is 13.0 Å². The average Bonchev–Trinajstić information content (AvgIpc) is 2.08. The number of carbonyl (C=O) groups excluding carboxylic acids is 3. The maximum Gasteiger partial charge on any atom is 0.315 e. The van der Waals surface area contributed by atoms with E-state index in [0.717, 1.165) is 0 Å². The highest BCUT2D eigenvalue weighted by molar-refractivity contribution is 5.76. The van der Waals surface area contributed by atoms with Gasteiger partial charge in [-0.1, -0.05) is 0 Å². The number of hydrogen-bond acceptors (Lipinski definition) is 3. The maximum absolute atomic E-state index is 10.7. The molecular weight excluding hydrogens is 174 g/mol. The molecule has 0 aromatic heterocycles. The Labute approximate surface area is 75.9 Å². The van der Waals surface area contributed by atoms with Crippen molar-refractivity contribution in [2.24, 2.45) is 5.73 Å². The zero-order valence-corrected chi connectivity index (χ0v) is 7.21. The van der Waals surface area contributed by atoms with Gasteiger partial charge in [-0.05, 0) is 6.42 Å². The Kier molecular flexibility index (Phi) is 6.21. The van der Waals surface area contributed by atoms with Crippen LogP contribution < -0.4 is 16.4 Å². The van der Waals surface area contributed by atoms with Crippen molar-refractivity contribution in [1.82, 2.24) is 10.6 Å².